The Morgan fingerprint density at radius 3 is 2.83 bits per heavy atom. The molecule has 1 unspecified atom stereocenters. The molecule has 2 aromatic rings. The zero-order valence-electron chi connectivity index (χ0n) is 9.87. The largest absolute Gasteiger partial charge is 0.478 e. The Labute approximate surface area is 108 Å². The van der Waals surface area contributed by atoms with Crippen molar-refractivity contribution in [3.63, 3.8) is 0 Å². The Morgan fingerprint density at radius 1 is 1.44 bits per heavy atom. The Morgan fingerprint density at radius 2 is 2.22 bits per heavy atom. The zero-order chi connectivity index (χ0) is 13.1. The van der Waals surface area contributed by atoms with E-state index < -0.39 is 5.97 Å². The van der Waals surface area contributed by atoms with Crippen LogP contribution < -0.4 is 5.56 Å². The fourth-order valence-corrected chi connectivity index (χ4v) is 2.62. The lowest BCUT2D eigenvalue weighted by Crippen LogP contribution is -2.24. The van der Waals surface area contributed by atoms with Crippen LogP contribution in [0.5, 0.6) is 0 Å². The summed E-state index contributed by atoms with van der Waals surface area (Å²) in [7, 11) is 0. The third-order valence-electron chi connectivity index (χ3n) is 2.74. The number of carboxylic acids is 1. The smallest absolute Gasteiger partial charge is 0.337 e. The minimum absolute atomic E-state index is 0.0598. The van der Waals surface area contributed by atoms with Crippen molar-refractivity contribution < 1.29 is 9.90 Å². The number of rotatable bonds is 4. The summed E-state index contributed by atoms with van der Waals surface area (Å²) in [6, 6.07) is 6.54. The Kier molecular flexibility index (Phi) is 3.62. The summed E-state index contributed by atoms with van der Waals surface area (Å²) in [5.41, 5.74) is -0.0447. The van der Waals surface area contributed by atoms with E-state index in [1.54, 1.807) is 11.3 Å². The van der Waals surface area contributed by atoms with Gasteiger partial charge < -0.3 is 9.67 Å². The number of carbonyl (C=O) groups is 1. The highest BCUT2D eigenvalue weighted by Gasteiger charge is 2.11. The van der Waals surface area contributed by atoms with E-state index >= 15 is 0 Å². The molecule has 0 aromatic carbocycles. The zero-order valence-corrected chi connectivity index (χ0v) is 10.7. The van der Waals surface area contributed by atoms with Gasteiger partial charge in [0.15, 0.2) is 0 Å². The molecular weight excluding hydrogens is 250 g/mol. The summed E-state index contributed by atoms with van der Waals surface area (Å²) in [6.07, 6.45) is 2.13. The first-order valence-electron chi connectivity index (χ1n) is 5.56. The van der Waals surface area contributed by atoms with Crippen LogP contribution in [0.25, 0.3) is 0 Å². The quantitative estimate of drug-likeness (QED) is 0.921. The molecule has 4 nitrogen and oxygen atoms in total. The lowest BCUT2D eigenvalue weighted by molar-refractivity contribution is 0.0695. The average Bonchev–Trinajstić information content (AvgIpc) is 2.81. The highest BCUT2D eigenvalue weighted by molar-refractivity contribution is 7.09. The van der Waals surface area contributed by atoms with Crippen LogP contribution in [0, 0.1) is 0 Å². The van der Waals surface area contributed by atoms with Crippen molar-refractivity contribution in [3.05, 3.63) is 56.6 Å². The van der Waals surface area contributed by atoms with E-state index in [4.69, 9.17) is 5.11 Å². The summed E-state index contributed by atoms with van der Waals surface area (Å²) >= 11 is 1.63. The van der Waals surface area contributed by atoms with Crippen LogP contribution in [0.15, 0.2) is 40.6 Å². The van der Waals surface area contributed by atoms with Gasteiger partial charge >= 0.3 is 5.97 Å². The second-order valence-electron chi connectivity index (χ2n) is 4.10. The lowest BCUT2D eigenvalue weighted by atomic mass is 10.2. The fraction of sp³-hybridized carbons (Fsp3) is 0.231. The van der Waals surface area contributed by atoms with Crippen LogP contribution in [0.3, 0.4) is 0 Å². The average molecular weight is 263 g/mol. The van der Waals surface area contributed by atoms with E-state index in [0.717, 1.165) is 6.42 Å². The number of thiophene rings is 1. The summed E-state index contributed by atoms with van der Waals surface area (Å²) in [5.74, 6) is -1.02. The number of hydrogen-bond donors (Lipinski definition) is 1. The lowest BCUT2D eigenvalue weighted by Gasteiger charge is -2.14. The van der Waals surface area contributed by atoms with Crippen LogP contribution in [-0.2, 0) is 6.42 Å². The fourth-order valence-electron chi connectivity index (χ4n) is 1.79. The second kappa shape index (κ2) is 5.18. The van der Waals surface area contributed by atoms with Gasteiger partial charge in [-0.3, -0.25) is 4.79 Å². The van der Waals surface area contributed by atoms with Crippen LogP contribution >= 0.6 is 11.3 Å². The van der Waals surface area contributed by atoms with Gasteiger partial charge in [-0.15, -0.1) is 11.3 Å². The number of aromatic nitrogens is 1. The summed E-state index contributed by atoms with van der Waals surface area (Å²) in [5, 5.41) is 10.9. The van der Waals surface area contributed by atoms with E-state index in [2.05, 4.69) is 0 Å². The van der Waals surface area contributed by atoms with Crippen molar-refractivity contribution in [1.29, 1.82) is 0 Å². The molecule has 0 amide bonds. The van der Waals surface area contributed by atoms with Gasteiger partial charge in [-0.05, 0) is 24.4 Å². The van der Waals surface area contributed by atoms with Crippen molar-refractivity contribution in [2.24, 2.45) is 0 Å². The van der Waals surface area contributed by atoms with Gasteiger partial charge in [-0.25, -0.2) is 4.79 Å². The Balaban J connectivity index is 2.29. The SMILES string of the molecule is CC(Cc1cccs1)n1cc(C(=O)O)ccc1=O. The molecule has 2 heterocycles. The molecule has 1 N–H and O–H groups in total. The molecule has 0 fully saturated rings. The van der Waals surface area contributed by atoms with Crippen molar-refractivity contribution >= 4 is 17.3 Å². The number of nitrogens with zero attached hydrogens (tertiary/aromatic N) is 1. The summed E-state index contributed by atoms with van der Waals surface area (Å²) < 4.78 is 1.48. The predicted molar refractivity (Wildman–Crippen MR) is 70.4 cm³/mol. The molecule has 2 rings (SSSR count). The standard InChI is InChI=1S/C13H13NO3S/c1-9(7-11-3-2-6-18-11)14-8-10(13(16)17)4-5-12(14)15/h2-6,8-9H,7H2,1H3,(H,16,17). The minimum Gasteiger partial charge on any atom is -0.478 e. The molecule has 2 aromatic heterocycles. The predicted octanol–water partition coefficient (Wildman–Crippen LogP) is 2.41. The highest BCUT2D eigenvalue weighted by atomic mass is 32.1. The van der Waals surface area contributed by atoms with Gasteiger partial charge in [0, 0.05) is 29.6 Å². The molecule has 0 radical (unpaired) electrons. The molecule has 94 valence electrons. The topological polar surface area (TPSA) is 59.3 Å². The molecule has 0 bridgehead atoms. The van der Waals surface area contributed by atoms with E-state index in [9.17, 15) is 9.59 Å². The van der Waals surface area contributed by atoms with Crippen molar-refractivity contribution in [2.75, 3.05) is 0 Å². The molecule has 0 saturated heterocycles. The maximum atomic E-state index is 11.7. The Hall–Kier alpha value is -1.88. The molecule has 0 aliphatic heterocycles. The molecule has 18 heavy (non-hydrogen) atoms. The molecule has 0 aliphatic rings. The third kappa shape index (κ3) is 2.68. The molecule has 0 saturated carbocycles. The number of aromatic carboxylic acids is 1. The maximum Gasteiger partial charge on any atom is 0.337 e. The highest BCUT2D eigenvalue weighted by Crippen LogP contribution is 2.17. The van der Waals surface area contributed by atoms with Crippen molar-refractivity contribution in [1.82, 2.24) is 4.57 Å². The summed E-state index contributed by atoms with van der Waals surface area (Å²) in [6.45, 7) is 1.91. The van der Waals surface area contributed by atoms with Gasteiger partial charge in [-0.1, -0.05) is 6.07 Å². The number of hydrogen-bond acceptors (Lipinski definition) is 3. The molecule has 5 heteroatoms. The molecular formula is C13H13NO3S. The number of carboxylic acid groups (broad SMARTS) is 1. The minimum atomic E-state index is -1.02. The van der Waals surface area contributed by atoms with Crippen LogP contribution in [0.2, 0.25) is 0 Å². The van der Waals surface area contributed by atoms with E-state index in [0.29, 0.717) is 0 Å². The first kappa shape index (κ1) is 12.6. The van der Waals surface area contributed by atoms with E-state index in [1.807, 2.05) is 24.4 Å². The summed E-state index contributed by atoms with van der Waals surface area (Å²) in [4.78, 5) is 23.8. The monoisotopic (exact) mass is 263 g/mol. The van der Waals surface area contributed by atoms with Crippen LogP contribution in [-0.4, -0.2) is 15.6 Å². The normalized spacial score (nSPS) is 12.3. The first-order chi connectivity index (χ1) is 8.58. The van der Waals surface area contributed by atoms with Crippen LogP contribution in [0.1, 0.15) is 28.2 Å². The van der Waals surface area contributed by atoms with Crippen molar-refractivity contribution in [2.45, 2.75) is 19.4 Å². The maximum absolute atomic E-state index is 11.7. The molecule has 0 spiro atoms. The van der Waals surface area contributed by atoms with Gasteiger partial charge in [-0.2, -0.15) is 0 Å². The molecule has 0 aliphatic carbocycles. The second-order valence-corrected chi connectivity index (χ2v) is 5.13. The van der Waals surface area contributed by atoms with E-state index in [1.165, 1.54) is 27.8 Å². The van der Waals surface area contributed by atoms with Crippen LogP contribution in [0.4, 0.5) is 0 Å². The van der Waals surface area contributed by atoms with Crippen molar-refractivity contribution in [3.8, 4) is 0 Å². The van der Waals surface area contributed by atoms with E-state index in [-0.39, 0.29) is 17.2 Å². The van der Waals surface area contributed by atoms with Gasteiger partial charge in [0.25, 0.3) is 5.56 Å². The molecule has 1 atom stereocenters. The van der Waals surface area contributed by atoms with Gasteiger partial charge in [0.1, 0.15) is 0 Å². The third-order valence-corrected chi connectivity index (χ3v) is 3.64. The van der Waals surface area contributed by atoms with Gasteiger partial charge in [0.05, 0.1) is 5.56 Å². The first-order valence-corrected chi connectivity index (χ1v) is 6.44. The number of pyridine rings is 1. The van der Waals surface area contributed by atoms with Gasteiger partial charge in [0.2, 0.25) is 0 Å². The Bertz CT molecular complexity index is 601.